The minimum Gasteiger partial charge on any atom is -0.444 e. The van der Waals surface area contributed by atoms with Crippen molar-refractivity contribution < 1.29 is 9.53 Å². The summed E-state index contributed by atoms with van der Waals surface area (Å²) in [6, 6.07) is 0.211. The van der Waals surface area contributed by atoms with Crippen LogP contribution in [-0.2, 0) is 4.74 Å². The molecule has 18 heavy (non-hydrogen) atoms. The van der Waals surface area contributed by atoms with Crippen molar-refractivity contribution in [3.05, 3.63) is 0 Å². The quantitative estimate of drug-likeness (QED) is 0.686. The number of alkyl carbamates (subject to hydrolysis) is 1. The van der Waals surface area contributed by atoms with Gasteiger partial charge in [-0.2, -0.15) is 11.8 Å². The van der Waals surface area contributed by atoms with E-state index in [1.807, 2.05) is 11.8 Å². The number of carbonyl (C=O) groups is 1. The van der Waals surface area contributed by atoms with Crippen LogP contribution >= 0.6 is 11.8 Å². The van der Waals surface area contributed by atoms with E-state index in [0.717, 1.165) is 24.5 Å². The Bertz CT molecular complexity index is 256. The van der Waals surface area contributed by atoms with E-state index in [4.69, 9.17) is 4.74 Å². The molecule has 1 heterocycles. The molecule has 1 N–H and O–H groups in total. The molecule has 1 aliphatic heterocycles. The van der Waals surface area contributed by atoms with Gasteiger partial charge in [-0.25, -0.2) is 4.79 Å². The summed E-state index contributed by atoms with van der Waals surface area (Å²) in [5, 5.41) is 2.92. The summed E-state index contributed by atoms with van der Waals surface area (Å²) in [6.45, 7) is 8.86. The second-order valence-corrected chi connectivity index (χ2v) is 7.13. The average molecular weight is 273 g/mol. The van der Waals surface area contributed by atoms with Crippen LogP contribution in [0.1, 0.15) is 47.0 Å². The highest BCUT2D eigenvalue weighted by Crippen LogP contribution is 2.21. The lowest BCUT2D eigenvalue weighted by Gasteiger charge is -2.18. The smallest absolute Gasteiger partial charge is 0.407 e. The Morgan fingerprint density at radius 1 is 1.22 bits per heavy atom. The predicted molar refractivity (Wildman–Crippen MR) is 78.0 cm³/mol. The lowest BCUT2D eigenvalue weighted by atomic mass is 9.99. The highest BCUT2D eigenvalue weighted by Gasteiger charge is 2.33. The van der Waals surface area contributed by atoms with Crippen LogP contribution in [0.15, 0.2) is 0 Å². The Hall–Kier alpha value is -0.380. The molecular weight excluding hydrogens is 246 g/mol. The maximum Gasteiger partial charge on any atom is 0.407 e. The van der Waals surface area contributed by atoms with Crippen molar-refractivity contribution in [3.8, 4) is 0 Å². The van der Waals surface area contributed by atoms with Crippen molar-refractivity contribution in [1.29, 1.82) is 0 Å². The average Bonchev–Trinajstić information content (AvgIpc) is 2.57. The number of amides is 1. The lowest BCUT2D eigenvalue weighted by molar-refractivity contribution is 0.127. The van der Waals surface area contributed by atoms with Gasteiger partial charge in [-0.1, -0.05) is 27.7 Å². The Kier molecular flexibility index (Phi) is 6.90. The molecule has 1 saturated heterocycles. The summed E-state index contributed by atoms with van der Waals surface area (Å²) >= 11 is 1.97. The van der Waals surface area contributed by atoms with Crippen LogP contribution in [0.3, 0.4) is 0 Å². The van der Waals surface area contributed by atoms with E-state index in [1.54, 1.807) is 0 Å². The van der Waals surface area contributed by atoms with E-state index in [9.17, 15) is 4.79 Å². The van der Waals surface area contributed by atoms with Crippen molar-refractivity contribution in [2.45, 2.75) is 59.1 Å². The summed E-state index contributed by atoms with van der Waals surface area (Å²) in [6.07, 6.45) is 3.08. The molecule has 0 aromatic heterocycles. The number of thioether (sulfide) groups is 1. The first-order valence-corrected chi connectivity index (χ1v) is 8.19. The van der Waals surface area contributed by atoms with Gasteiger partial charge in [0, 0.05) is 0 Å². The molecular formula is C14H27NO2S. The largest absolute Gasteiger partial charge is 0.444 e. The number of carbonyl (C=O) groups excluding carboxylic acids is 1. The van der Waals surface area contributed by atoms with Gasteiger partial charge in [0.15, 0.2) is 0 Å². The van der Waals surface area contributed by atoms with E-state index >= 15 is 0 Å². The molecule has 2 atom stereocenters. The zero-order chi connectivity index (χ0) is 13.5. The summed E-state index contributed by atoms with van der Waals surface area (Å²) < 4.78 is 5.34. The SMILES string of the molecule is CC(C)CCSCC[C@@H]1OC(=O)N[C@H]1CC(C)C. The summed E-state index contributed by atoms with van der Waals surface area (Å²) in [5.74, 6) is 3.66. The van der Waals surface area contributed by atoms with Crippen LogP contribution < -0.4 is 5.32 Å². The first-order valence-electron chi connectivity index (χ1n) is 7.04. The van der Waals surface area contributed by atoms with Gasteiger partial charge in [-0.15, -0.1) is 0 Å². The first kappa shape index (κ1) is 15.7. The van der Waals surface area contributed by atoms with Crippen LogP contribution in [0.5, 0.6) is 0 Å². The van der Waals surface area contributed by atoms with Crippen LogP contribution in [0, 0.1) is 11.8 Å². The second-order valence-electron chi connectivity index (χ2n) is 5.91. The molecule has 0 unspecified atom stereocenters. The number of hydrogen-bond acceptors (Lipinski definition) is 3. The standard InChI is InChI=1S/C14H27NO2S/c1-10(2)5-7-18-8-6-13-12(9-11(3)4)15-14(16)17-13/h10-13H,5-9H2,1-4H3,(H,15,16)/t12-,13-/m0/s1. The maximum atomic E-state index is 11.3. The van der Waals surface area contributed by atoms with Gasteiger partial charge in [0.25, 0.3) is 0 Å². The molecule has 0 radical (unpaired) electrons. The van der Waals surface area contributed by atoms with E-state index in [1.165, 1.54) is 12.2 Å². The molecule has 1 fully saturated rings. The van der Waals surface area contributed by atoms with E-state index in [2.05, 4.69) is 33.0 Å². The molecule has 1 aliphatic rings. The van der Waals surface area contributed by atoms with Crippen molar-refractivity contribution in [3.63, 3.8) is 0 Å². The fraction of sp³-hybridized carbons (Fsp3) is 0.929. The van der Waals surface area contributed by atoms with Crippen molar-refractivity contribution in [2.75, 3.05) is 11.5 Å². The molecule has 0 aliphatic carbocycles. The van der Waals surface area contributed by atoms with E-state index in [-0.39, 0.29) is 18.2 Å². The molecule has 106 valence electrons. The third-order valence-electron chi connectivity index (χ3n) is 3.12. The van der Waals surface area contributed by atoms with Crippen molar-refractivity contribution in [1.82, 2.24) is 5.32 Å². The Morgan fingerprint density at radius 2 is 1.94 bits per heavy atom. The van der Waals surface area contributed by atoms with Gasteiger partial charge < -0.3 is 10.1 Å². The fourth-order valence-electron chi connectivity index (χ4n) is 2.10. The Balaban J connectivity index is 2.20. The topological polar surface area (TPSA) is 38.3 Å². The summed E-state index contributed by atoms with van der Waals surface area (Å²) in [4.78, 5) is 11.3. The molecule has 1 rings (SSSR count). The number of cyclic esters (lactones) is 1. The van der Waals surface area contributed by atoms with Crippen molar-refractivity contribution in [2.24, 2.45) is 11.8 Å². The number of hydrogen-bond donors (Lipinski definition) is 1. The first-order chi connectivity index (χ1) is 8.49. The number of nitrogens with one attached hydrogen (secondary N) is 1. The highest BCUT2D eigenvalue weighted by atomic mass is 32.2. The minimum atomic E-state index is -0.238. The van der Waals surface area contributed by atoms with Crippen LogP contribution in [-0.4, -0.2) is 29.7 Å². The van der Waals surface area contributed by atoms with Gasteiger partial charge in [0.2, 0.25) is 0 Å². The van der Waals surface area contributed by atoms with E-state index in [0.29, 0.717) is 5.92 Å². The van der Waals surface area contributed by atoms with Gasteiger partial charge >= 0.3 is 6.09 Å². The van der Waals surface area contributed by atoms with Gasteiger partial charge in [-0.05, 0) is 42.6 Å². The fourth-order valence-corrected chi connectivity index (χ4v) is 3.34. The maximum absolute atomic E-state index is 11.3. The Morgan fingerprint density at radius 3 is 2.56 bits per heavy atom. The van der Waals surface area contributed by atoms with Crippen LogP contribution in [0.25, 0.3) is 0 Å². The predicted octanol–water partition coefficient (Wildman–Crippen LogP) is 3.68. The highest BCUT2D eigenvalue weighted by molar-refractivity contribution is 7.99. The van der Waals surface area contributed by atoms with Crippen LogP contribution in [0.2, 0.25) is 0 Å². The zero-order valence-electron chi connectivity index (χ0n) is 12.1. The third kappa shape index (κ3) is 5.98. The zero-order valence-corrected chi connectivity index (χ0v) is 12.9. The summed E-state index contributed by atoms with van der Waals surface area (Å²) in [5.41, 5.74) is 0. The number of rotatable bonds is 8. The molecule has 0 aromatic rings. The molecule has 1 amide bonds. The van der Waals surface area contributed by atoms with Gasteiger partial charge in [0.05, 0.1) is 6.04 Å². The normalized spacial score (nSPS) is 23.6. The molecule has 0 spiro atoms. The minimum absolute atomic E-state index is 0.0754. The lowest BCUT2D eigenvalue weighted by Crippen LogP contribution is -2.33. The molecule has 0 aromatic carbocycles. The van der Waals surface area contributed by atoms with Crippen molar-refractivity contribution >= 4 is 17.9 Å². The molecule has 3 nitrogen and oxygen atoms in total. The third-order valence-corrected chi connectivity index (χ3v) is 4.17. The second kappa shape index (κ2) is 7.93. The van der Waals surface area contributed by atoms with Gasteiger partial charge in [-0.3, -0.25) is 0 Å². The molecule has 0 saturated carbocycles. The van der Waals surface area contributed by atoms with Gasteiger partial charge in [0.1, 0.15) is 6.10 Å². The molecule has 0 bridgehead atoms. The van der Waals surface area contributed by atoms with Crippen LogP contribution in [0.4, 0.5) is 4.79 Å². The number of ether oxygens (including phenoxy) is 1. The summed E-state index contributed by atoms with van der Waals surface area (Å²) in [7, 11) is 0. The monoisotopic (exact) mass is 273 g/mol. The Labute approximate surface area is 115 Å². The van der Waals surface area contributed by atoms with E-state index < -0.39 is 0 Å². The molecule has 4 heteroatoms.